The maximum absolute atomic E-state index is 13.3. The van der Waals surface area contributed by atoms with Crippen molar-refractivity contribution < 1.29 is 32.0 Å². The second kappa shape index (κ2) is 11.0. The first-order valence-electron chi connectivity index (χ1n) is 13.8. The number of fused-ring (bicyclic) bond motifs is 6. The second-order valence-corrected chi connectivity index (χ2v) is 12.2. The summed E-state index contributed by atoms with van der Waals surface area (Å²) < 4.78 is 46.8. The SMILES string of the molecule is Cc1ccc2cc1C(C)N1Cc3cc(ccc3OS1(=O)=O)OCCOCCn1nnc3c(C)c(ccc31)C2CC(=O)O. The van der Waals surface area contributed by atoms with Crippen LogP contribution in [0.1, 0.15) is 58.7 Å². The van der Waals surface area contributed by atoms with E-state index in [4.69, 9.17) is 13.7 Å². The van der Waals surface area contributed by atoms with E-state index >= 15 is 0 Å². The monoisotopic (exact) mass is 592 g/mol. The Labute approximate surface area is 243 Å². The zero-order chi connectivity index (χ0) is 29.6. The lowest BCUT2D eigenvalue weighted by Crippen LogP contribution is -2.39. The number of ether oxygens (including phenoxy) is 2. The van der Waals surface area contributed by atoms with Gasteiger partial charge in [0.25, 0.3) is 0 Å². The summed E-state index contributed by atoms with van der Waals surface area (Å²) in [6.45, 7) is 7.32. The molecule has 7 rings (SSSR count). The maximum Gasteiger partial charge on any atom is 0.386 e. The van der Waals surface area contributed by atoms with Crippen LogP contribution in [-0.4, -0.2) is 58.6 Å². The first-order chi connectivity index (χ1) is 20.1. The number of benzene rings is 3. The van der Waals surface area contributed by atoms with Gasteiger partial charge < -0.3 is 18.8 Å². The summed E-state index contributed by atoms with van der Waals surface area (Å²) >= 11 is 0. The molecule has 0 radical (unpaired) electrons. The molecule has 3 aliphatic heterocycles. The molecule has 1 N–H and O–H groups in total. The molecule has 0 saturated carbocycles. The fraction of sp³-hybridized carbons (Fsp3) is 0.367. The summed E-state index contributed by atoms with van der Waals surface area (Å²) in [6, 6.07) is 14.1. The highest BCUT2D eigenvalue weighted by Crippen LogP contribution is 2.39. The number of hydrogen-bond donors (Lipinski definition) is 1. The summed E-state index contributed by atoms with van der Waals surface area (Å²) in [6.07, 6.45) is -0.146. The van der Waals surface area contributed by atoms with Crippen LogP contribution in [0.2, 0.25) is 0 Å². The smallest absolute Gasteiger partial charge is 0.386 e. The van der Waals surface area contributed by atoms with Crippen molar-refractivity contribution in [1.29, 1.82) is 0 Å². The highest BCUT2D eigenvalue weighted by atomic mass is 32.2. The van der Waals surface area contributed by atoms with E-state index in [-0.39, 0.29) is 18.7 Å². The van der Waals surface area contributed by atoms with Crippen LogP contribution in [0.15, 0.2) is 48.5 Å². The van der Waals surface area contributed by atoms with Crippen LogP contribution in [0.5, 0.6) is 11.5 Å². The average Bonchev–Trinajstić information content (AvgIpc) is 3.36. The van der Waals surface area contributed by atoms with Gasteiger partial charge in [0.15, 0.2) is 0 Å². The van der Waals surface area contributed by atoms with Crippen molar-refractivity contribution in [3.8, 4) is 11.5 Å². The first kappa shape index (κ1) is 28.1. The Morgan fingerprint density at radius 3 is 2.69 bits per heavy atom. The summed E-state index contributed by atoms with van der Waals surface area (Å²) in [5.41, 5.74) is 6.31. The number of aromatic nitrogens is 3. The van der Waals surface area contributed by atoms with Crippen molar-refractivity contribution in [2.45, 2.75) is 52.2 Å². The highest BCUT2D eigenvalue weighted by molar-refractivity contribution is 7.84. The Morgan fingerprint density at radius 1 is 1.05 bits per heavy atom. The third-order valence-electron chi connectivity index (χ3n) is 8.11. The lowest BCUT2D eigenvalue weighted by molar-refractivity contribution is -0.137. The predicted octanol–water partition coefficient (Wildman–Crippen LogP) is 4.26. The quantitative estimate of drug-likeness (QED) is 0.362. The van der Waals surface area contributed by atoms with E-state index in [1.807, 2.05) is 51.1 Å². The first-order valence-corrected chi connectivity index (χ1v) is 15.2. The minimum Gasteiger partial charge on any atom is -0.491 e. The van der Waals surface area contributed by atoms with Crippen molar-refractivity contribution in [2.75, 3.05) is 19.8 Å². The van der Waals surface area contributed by atoms with Crippen LogP contribution in [0, 0.1) is 13.8 Å². The molecule has 11 nitrogen and oxygen atoms in total. The number of aryl methyl sites for hydroxylation is 2. The number of carbonyl (C=O) groups is 1. The summed E-state index contributed by atoms with van der Waals surface area (Å²) in [5.74, 6) is -0.578. The molecule has 4 heterocycles. The molecule has 0 fully saturated rings. The maximum atomic E-state index is 13.3. The average molecular weight is 593 g/mol. The van der Waals surface area contributed by atoms with Gasteiger partial charge in [-0.15, -0.1) is 5.10 Å². The van der Waals surface area contributed by atoms with Crippen LogP contribution in [0.25, 0.3) is 11.0 Å². The normalized spacial score (nSPS) is 21.9. The lowest BCUT2D eigenvalue weighted by atomic mass is 9.83. The molecule has 3 aliphatic rings. The standard InChI is InChI=1S/C30H32N4O7S/c1-18-4-5-21-15-25(18)20(3)34-17-22-14-23(6-9-28(22)41-42(34,37)38)40-13-12-39-11-10-33-27-8-7-24(26(21)16-29(35)36)19(2)30(27)31-32-33/h4-9,14-15,20,26H,10-13,16-17H2,1-3H3,(H,35,36). The van der Waals surface area contributed by atoms with E-state index in [0.717, 1.165) is 33.3 Å². The molecule has 0 aliphatic carbocycles. The van der Waals surface area contributed by atoms with Gasteiger partial charge in [-0.2, -0.15) is 12.7 Å². The Morgan fingerprint density at radius 2 is 1.88 bits per heavy atom. The van der Waals surface area contributed by atoms with Crippen molar-refractivity contribution in [3.05, 3.63) is 81.9 Å². The van der Waals surface area contributed by atoms with E-state index in [1.165, 1.54) is 4.31 Å². The third kappa shape index (κ3) is 5.21. The molecule has 12 heteroatoms. The highest BCUT2D eigenvalue weighted by Gasteiger charge is 2.37. The van der Waals surface area contributed by atoms with E-state index in [9.17, 15) is 18.3 Å². The van der Waals surface area contributed by atoms with Crippen LogP contribution in [0.4, 0.5) is 0 Å². The van der Waals surface area contributed by atoms with Crippen molar-refractivity contribution in [3.63, 3.8) is 0 Å². The third-order valence-corrected chi connectivity index (χ3v) is 9.52. The number of carboxylic acids is 1. The Balaban J connectivity index is 1.48. The minimum atomic E-state index is -4.10. The fourth-order valence-electron chi connectivity index (χ4n) is 5.85. The van der Waals surface area contributed by atoms with E-state index in [2.05, 4.69) is 10.3 Å². The largest absolute Gasteiger partial charge is 0.491 e. The van der Waals surface area contributed by atoms with E-state index in [1.54, 1.807) is 22.9 Å². The van der Waals surface area contributed by atoms with Crippen LogP contribution < -0.4 is 8.92 Å². The van der Waals surface area contributed by atoms with Gasteiger partial charge >= 0.3 is 16.3 Å². The van der Waals surface area contributed by atoms with Gasteiger partial charge in [-0.25, -0.2) is 4.68 Å². The van der Waals surface area contributed by atoms with Crippen LogP contribution in [0.3, 0.4) is 0 Å². The van der Waals surface area contributed by atoms with Gasteiger partial charge in [0.1, 0.15) is 23.6 Å². The molecule has 42 heavy (non-hydrogen) atoms. The molecule has 0 saturated heterocycles. The lowest BCUT2D eigenvalue weighted by Gasteiger charge is -2.33. The summed E-state index contributed by atoms with van der Waals surface area (Å²) in [5, 5.41) is 18.6. The van der Waals surface area contributed by atoms with Gasteiger partial charge in [0.05, 0.1) is 37.7 Å². The van der Waals surface area contributed by atoms with Crippen molar-refractivity contribution in [1.82, 2.24) is 19.3 Å². The number of rotatable bonds is 2. The zero-order valence-corrected chi connectivity index (χ0v) is 24.4. The number of carboxylic acid groups (broad SMARTS) is 1. The Hall–Kier alpha value is -4.00. The molecule has 3 unspecified atom stereocenters. The molecule has 220 valence electrons. The van der Waals surface area contributed by atoms with Gasteiger partial charge in [-0.05, 0) is 72.9 Å². The number of hydrogen-bond acceptors (Lipinski definition) is 8. The molecular formula is C30H32N4O7S. The van der Waals surface area contributed by atoms with E-state index < -0.39 is 28.2 Å². The molecule has 0 amide bonds. The molecule has 3 aromatic carbocycles. The Bertz CT molecular complexity index is 1790. The van der Waals surface area contributed by atoms with E-state index in [0.29, 0.717) is 43.2 Å². The van der Waals surface area contributed by atoms with Crippen LogP contribution in [-0.2, 0) is 32.9 Å². The van der Waals surface area contributed by atoms with Gasteiger partial charge in [-0.1, -0.05) is 29.5 Å². The molecule has 3 atom stereocenters. The minimum absolute atomic E-state index is 0.0968. The van der Waals surface area contributed by atoms with Crippen molar-refractivity contribution >= 4 is 27.3 Å². The van der Waals surface area contributed by atoms with Crippen LogP contribution >= 0.6 is 0 Å². The summed E-state index contributed by atoms with van der Waals surface area (Å²) in [7, 11) is -4.10. The fourth-order valence-corrected chi connectivity index (χ4v) is 7.13. The molecule has 1 aromatic heterocycles. The van der Waals surface area contributed by atoms with Gasteiger partial charge in [0.2, 0.25) is 0 Å². The topological polar surface area (TPSA) is 133 Å². The molecule has 0 spiro atoms. The number of aliphatic carboxylic acids is 1. The predicted molar refractivity (Wildman–Crippen MR) is 154 cm³/mol. The van der Waals surface area contributed by atoms with Gasteiger partial charge in [0, 0.05) is 18.0 Å². The summed E-state index contributed by atoms with van der Waals surface area (Å²) in [4.78, 5) is 12.1. The zero-order valence-electron chi connectivity index (χ0n) is 23.6. The number of nitrogens with zero attached hydrogens (tertiary/aromatic N) is 4. The Kier molecular flexibility index (Phi) is 7.37. The molecule has 4 aromatic rings. The molecular weight excluding hydrogens is 560 g/mol. The van der Waals surface area contributed by atoms with Gasteiger partial charge in [-0.3, -0.25) is 4.79 Å². The molecule has 9 bridgehead atoms. The van der Waals surface area contributed by atoms with Crippen molar-refractivity contribution in [2.24, 2.45) is 0 Å². The second-order valence-electron chi connectivity index (χ2n) is 10.7.